The second kappa shape index (κ2) is 55.3. The molecule has 0 radical (unpaired) electrons. The van der Waals surface area contributed by atoms with Gasteiger partial charge in [0, 0.05) is 39.6 Å². The van der Waals surface area contributed by atoms with E-state index in [9.17, 15) is 4.57 Å². The molecular weight excluding hydrogens is 792 g/mol. The van der Waals surface area contributed by atoms with E-state index in [2.05, 4.69) is 20.8 Å². The first-order chi connectivity index (χ1) is 30.7. The number of ether oxygens (including phenoxy) is 3. The van der Waals surface area contributed by atoms with Crippen LogP contribution < -0.4 is 0 Å². The molecule has 0 bridgehead atoms. The van der Waals surface area contributed by atoms with Crippen molar-refractivity contribution < 1.29 is 32.3 Å². The highest BCUT2D eigenvalue weighted by atomic mass is 31.2. The van der Waals surface area contributed by atoms with Crippen LogP contribution in [0.5, 0.6) is 0 Å². The average Bonchev–Trinajstić information content (AvgIpc) is 3.28. The maximum absolute atomic E-state index is 13.5. The van der Waals surface area contributed by atoms with Gasteiger partial charge in [-0.1, -0.05) is 252 Å². The zero-order chi connectivity index (χ0) is 44.8. The molecule has 0 unspecified atom stereocenters. The second-order valence-corrected chi connectivity index (χ2v) is 20.2. The molecule has 0 aromatic heterocycles. The van der Waals surface area contributed by atoms with Gasteiger partial charge in [0.1, 0.15) is 0 Å². The predicted octanol–water partition coefficient (Wildman–Crippen LogP) is 18.6. The van der Waals surface area contributed by atoms with Gasteiger partial charge in [-0.2, -0.15) is 0 Å². The van der Waals surface area contributed by atoms with Gasteiger partial charge in [0.15, 0.2) is 0 Å². The molecule has 62 heavy (non-hydrogen) atoms. The Bertz CT molecular complexity index is 741. The summed E-state index contributed by atoms with van der Waals surface area (Å²) in [4.78, 5) is 0. The number of phosphoric acid groups is 1. The predicted molar refractivity (Wildman–Crippen MR) is 269 cm³/mol. The fraction of sp³-hybridized carbons (Fsp3) is 1.00. The molecule has 0 atom stereocenters. The van der Waals surface area contributed by atoms with Crippen molar-refractivity contribution in [2.75, 3.05) is 59.5 Å². The van der Waals surface area contributed by atoms with E-state index in [1.807, 2.05) is 0 Å². The Morgan fingerprint density at radius 2 is 0.371 bits per heavy atom. The minimum atomic E-state index is -3.66. The molecule has 0 aliphatic carbocycles. The van der Waals surface area contributed by atoms with Crippen molar-refractivity contribution in [3.63, 3.8) is 0 Å². The zero-order valence-electron chi connectivity index (χ0n) is 42.4. The molecular formula is C54H111O7P. The second-order valence-electron chi connectivity index (χ2n) is 18.6. The molecule has 0 spiro atoms. The van der Waals surface area contributed by atoms with Gasteiger partial charge in [-0.05, 0) is 38.5 Å². The van der Waals surface area contributed by atoms with E-state index in [1.165, 1.54) is 231 Å². The van der Waals surface area contributed by atoms with Crippen LogP contribution in [0.4, 0.5) is 0 Å². The number of hydrogen-bond acceptors (Lipinski definition) is 7. The Kier molecular flexibility index (Phi) is 55.3. The largest absolute Gasteiger partial charge is 0.474 e. The Labute approximate surface area is 388 Å². The molecule has 0 rings (SSSR count). The number of rotatable bonds is 57. The third-order valence-corrected chi connectivity index (χ3v) is 13.7. The lowest BCUT2D eigenvalue weighted by molar-refractivity contribution is 0.0694. The van der Waals surface area contributed by atoms with E-state index in [0.29, 0.717) is 58.9 Å². The highest BCUT2D eigenvalue weighted by molar-refractivity contribution is 7.48. The lowest BCUT2D eigenvalue weighted by Gasteiger charge is -2.18. The van der Waals surface area contributed by atoms with E-state index in [1.54, 1.807) is 0 Å². The van der Waals surface area contributed by atoms with E-state index < -0.39 is 7.82 Å². The summed E-state index contributed by atoms with van der Waals surface area (Å²) in [5.41, 5.74) is 0. The SMILES string of the molecule is CCCCCCCCCCCCCCCOCCCOP(=O)(OCCCOCCCCCCCCCCCCCCC)OCCCOCCCCCCCCCCCCCCC. The Morgan fingerprint density at radius 1 is 0.210 bits per heavy atom. The molecule has 0 aliphatic heterocycles. The van der Waals surface area contributed by atoms with Crippen LogP contribution in [-0.4, -0.2) is 59.5 Å². The molecule has 8 heteroatoms. The summed E-state index contributed by atoms with van der Waals surface area (Å²) in [7, 11) is -3.66. The van der Waals surface area contributed by atoms with Crippen molar-refractivity contribution in [1.82, 2.24) is 0 Å². The van der Waals surface area contributed by atoms with Crippen molar-refractivity contribution in [3.8, 4) is 0 Å². The first-order valence-corrected chi connectivity index (χ1v) is 29.4. The minimum absolute atomic E-state index is 0.293. The summed E-state index contributed by atoms with van der Waals surface area (Å²) in [6.45, 7) is 11.9. The quantitative estimate of drug-likeness (QED) is 0.0445. The third-order valence-electron chi connectivity index (χ3n) is 12.2. The molecule has 0 saturated carbocycles. The monoisotopic (exact) mass is 903 g/mol. The molecule has 0 heterocycles. The first-order valence-electron chi connectivity index (χ1n) is 27.9. The van der Waals surface area contributed by atoms with Gasteiger partial charge in [0.25, 0.3) is 0 Å². The lowest BCUT2D eigenvalue weighted by atomic mass is 10.0. The molecule has 0 aliphatic rings. The number of hydrogen-bond donors (Lipinski definition) is 0. The van der Waals surface area contributed by atoms with Gasteiger partial charge in [0.2, 0.25) is 0 Å². The summed E-state index contributed by atoms with van der Waals surface area (Å²) >= 11 is 0. The van der Waals surface area contributed by atoms with Crippen molar-refractivity contribution in [1.29, 1.82) is 0 Å². The van der Waals surface area contributed by atoms with E-state index in [0.717, 1.165) is 39.1 Å². The zero-order valence-corrected chi connectivity index (χ0v) is 43.3. The maximum atomic E-state index is 13.5. The van der Waals surface area contributed by atoms with Crippen LogP contribution >= 0.6 is 7.82 Å². The molecule has 0 N–H and O–H groups in total. The Hall–Kier alpha value is -0.0100. The van der Waals surface area contributed by atoms with Crippen LogP contribution in [0.15, 0.2) is 0 Å². The smallest absolute Gasteiger partial charge is 0.381 e. The molecule has 374 valence electrons. The van der Waals surface area contributed by atoms with Gasteiger partial charge in [-0.25, -0.2) is 4.57 Å². The average molecular weight is 903 g/mol. The van der Waals surface area contributed by atoms with Crippen LogP contribution in [-0.2, 0) is 32.3 Å². The van der Waals surface area contributed by atoms with Crippen LogP contribution in [0.2, 0.25) is 0 Å². The van der Waals surface area contributed by atoms with Crippen molar-refractivity contribution in [2.24, 2.45) is 0 Å². The number of phosphoric ester groups is 1. The van der Waals surface area contributed by atoms with Crippen LogP contribution in [0, 0.1) is 0 Å². The van der Waals surface area contributed by atoms with Gasteiger partial charge in [-0.3, -0.25) is 13.6 Å². The van der Waals surface area contributed by atoms with Crippen molar-refractivity contribution in [2.45, 2.75) is 290 Å². The normalized spacial score (nSPS) is 12.0. The molecule has 0 amide bonds. The summed E-state index contributed by atoms with van der Waals surface area (Å²) in [6, 6.07) is 0. The number of unbranched alkanes of at least 4 members (excludes halogenated alkanes) is 36. The van der Waals surface area contributed by atoms with E-state index in [-0.39, 0.29) is 0 Å². The minimum Gasteiger partial charge on any atom is -0.381 e. The van der Waals surface area contributed by atoms with Gasteiger partial charge >= 0.3 is 7.82 Å². The van der Waals surface area contributed by atoms with Gasteiger partial charge < -0.3 is 14.2 Å². The maximum Gasteiger partial charge on any atom is 0.474 e. The highest BCUT2D eigenvalue weighted by Crippen LogP contribution is 2.49. The fourth-order valence-electron chi connectivity index (χ4n) is 8.10. The molecule has 0 fully saturated rings. The first kappa shape index (κ1) is 62.0. The molecule has 0 saturated heterocycles. The Morgan fingerprint density at radius 3 is 0.565 bits per heavy atom. The fourth-order valence-corrected chi connectivity index (χ4v) is 9.38. The summed E-state index contributed by atoms with van der Waals surface area (Å²) in [6.07, 6.45) is 54.7. The summed E-state index contributed by atoms with van der Waals surface area (Å²) < 4.78 is 48.4. The molecule has 0 aromatic carbocycles. The van der Waals surface area contributed by atoms with Crippen molar-refractivity contribution >= 4 is 7.82 Å². The van der Waals surface area contributed by atoms with Crippen LogP contribution in [0.3, 0.4) is 0 Å². The Balaban J connectivity index is 4.08. The van der Waals surface area contributed by atoms with Gasteiger partial charge in [0.05, 0.1) is 19.8 Å². The topological polar surface area (TPSA) is 72.5 Å². The van der Waals surface area contributed by atoms with Crippen molar-refractivity contribution in [3.05, 3.63) is 0 Å². The molecule has 0 aromatic rings. The van der Waals surface area contributed by atoms with Crippen LogP contribution in [0.1, 0.15) is 290 Å². The standard InChI is InChI=1S/C54H111O7P/c1-4-7-10-13-16-19-22-25-28-31-34-37-40-46-56-49-43-52-59-62(55,60-53-44-50-57-47-41-38-35-32-29-26-23-20-17-14-11-8-5-2)61-54-45-51-58-48-42-39-36-33-30-27-24-21-18-15-12-9-6-3/h4-54H2,1-3H3. The summed E-state index contributed by atoms with van der Waals surface area (Å²) in [5.74, 6) is 0. The third kappa shape index (κ3) is 52.6. The van der Waals surface area contributed by atoms with Crippen LogP contribution in [0.25, 0.3) is 0 Å². The van der Waals surface area contributed by atoms with Gasteiger partial charge in [-0.15, -0.1) is 0 Å². The molecule has 7 nitrogen and oxygen atoms in total. The lowest BCUT2D eigenvalue weighted by Crippen LogP contribution is -2.08. The van der Waals surface area contributed by atoms with E-state index >= 15 is 0 Å². The summed E-state index contributed by atoms with van der Waals surface area (Å²) in [5, 5.41) is 0. The van der Waals surface area contributed by atoms with E-state index in [4.69, 9.17) is 27.8 Å². The highest BCUT2D eigenvalue weighted by Gasteiger charge is 2.26.